The van der Waals surface area contributed by atoms with Gasteiger partial charge in [-0.3, -0.25) is 9.69 Å². The highest BCUT2D eigenvalue weighted by Gasteiger charge is 2.47. The van der Waals surface area contributed by atoms with E-state index in [0.29, 0.717) is 12.3 Å². The molecule has 118 valence electrons. The standard InChI is InChI=1S/C17H20ClNO3/c18-16(20)15-10-13-8-4-5-9-14(13)19(15)17(21)22-11-12-6-2-1-3-7-12/h1-3,6-7,13-15H,4-5,8-11H2/t13-,14-,15-/m0/s1. The number of rotatable bonds is 3. The maximum Gasteiger partial charge on any atom is 0.411 e. The summed E-state index contributed by atoms with van der Waals surface area (Å²) < 4.78 is 5.42. The van der Waals surface area contributed by atoms with Crippen molar-refractivity contribution in [3.63, 3.8) is 0 Å². The van der Waals surface area contributed by atoms with Crippen LogP contribution in [0.1, 0.15) is 37.7 Å². The van der Waals surface area contributed by atoms with E-state index in [1.165, 1.54) is 0 Å². The van der Waals surface area contributed by atoms with E-state index >= 15 is 0 Å². The van der Waals surface area contributed by atoms with Crippen LogP contribution in [-0.2, 0) is 16.1 Å². The van der Waals surface area contributed by atoms with E-state index in [9.17, 15) is 9.59 Å². The van der Waals surface area contributed by atoms with Gasteiger partial charge < -0.3 is 4.74 Å². The summed E-state index contributed by atoms with van der Waals surface area (Å²) in [4.78, 5) is 25.8. The molecule has 1 aliphatic carbocycles. The monoisotopic (exact) mass is 321 g/mol. The number of amides is 1. The minimum atomic E-state index is -0.530. The summed E-state index contributed by atoms with van der Waals surface area (Å²) in [6, 6.07) is 9.11. The van der Waals surface area contributed by atoms with Crippen molar-refractivity contribution in [3.05, 3.63) is 35.9 Å². The second kappa shape index (κ2) is 6.69. The molecule has 0 N–H and O–H groups in total. The summed E-state index contributed by atoms with van der Waals surface area (Å²) in [6.45, 7) is 0.219. The number of ether oxygens (including phenoxy) is 1. The van der Waals surface area contributed by atoms with E-state index in [4.69, 9.17) is 16.3 Å². The molecule has 0 aromatic heterocycles. The zero-order valence-electron chi connectivity index (χ0n) is 12.4. The molecule has 1 aromatic rings. The number of fused-ring (bicyclic) bond motifs is 1. The third kappa shape index (κ3) is 3.12. The third-order valence-corrected chi connectivity index (χ3v) is 5.02. The van der Waals surface area contributed by atoms with Gasteiger partial charge in [-0.1, -0.05) is 43.2 Å². The largest absolute Gasteiger partial charge is 0.445 e. The van der Waals surface area contributed by atoms with Crippen molar-refractivity contribution in [2.24, 2.45) is 5.92 Å². The quantitative estimate of drug-likeness (QED) is 0.797. The summed E-state index contributed by atoms with van der Waals surface area (Å²) in [6.07, 6.45) is 4.51. The van der Waals surface area contributed by atoms with Crippen molar-refractivity contribution < 1.29 is 14.3 Å². The molecule has 5 heteroatoms. The maximum atomic E-state index is 12.5. The van der Waals surface area contributed by atoms with Crippen LogP contribution in [0.4, 0.5) is 4.79 Å². The molecule has 22 heavy (non-hydrogen) atoms. The van der Waals surface area contributed by atoms with Gasteiger partial charge in [0, 0.05) is 6.04 Å². The number of benzene rings is 1. The molecule has 1 saturated carbocycles. The van der Waals surface area contributed by atoms with E-state index in [1.807, 2.05) is 30.3 Å². The van der Waals surface area contributed by atoms with Crippen molar-refractivity contribution in [1.29, 1.82) is 0 Å². The zero-order valence-corrected chi connectivity index (χ0v) is 13.2. The number of carbonyl (C=O) groups is 2. The molecule has 1 saturated heterocycles. The number of nitrogens with zero attached hydrogens (tertiary/aromatic N) is 1. The smallest absolute Gasteiger partial charge is 0.411 e. The minimum absolute atomic E-state index is 0.102. The Morgan fingerprint density at radius 2 is 1.91 bits per heavy atom. The Kier molecular flexibility index (Phi) is 4.67. The van der Waals surface area contributed by atoms with Crippen molar-refractivity contribution in [2.45, 2.75) is 50.8 Å². The zero-order chi connectivity index (χ0) is 15.5. The van der Waals surface area contributed by atoms with Crippen LogP contribution in [0.5, 0.6) is 0 Å². The molecule has 2 aliphatic rings. The van der Waals surface area contributed by atoms with Crippen molar-refractivity contribution in [2.75, 3.05) is 0 Å². The predicted molar refractivity (Wildman–Crippen MR) is 83.5 cm³/mol. The first-order chi connectivity index (χ1) is 10.7. The first-order valence-corrected chi connectivity index (χ1v) is 8.23. The summed E-state index contributed by atoms with van der Waals surface area (Å²) in [5, 5.41) is -0.453. The van der Waals surface area contributed by atoms with Crippen LogP contribution in [-0.4, -0.2) is 28.3 Å². The average Bonchev–Trinajstić information content (AvgIpc) is 2.93. The van der Waals surface area contributed by atoms with Gasteiger partial charge in [0.2, 0.25) is 5.24 Å². The van der Waals surface area contributed by atoms with Gasteiger partial charge in [-0.2, -0.15) is 0 Å². The summed E-state index contributed by atoms with van der Waals surface area (Å²) in [5.41, 5.74) is 0.934. The van der Waals surface area contributed by atoms with Crippen LogP contribution in [0.15, 0.2) is 30.3 Å². The lowest BCUT2D eigenvalue weighted by Crippen LogP contribution is -2.45. The molecule has 0 bridgehead atoms. The fourth-order valence-electron chi connectivity index (χ4n) is 3.72. The second-order valence-corrected chi connectivity index (χ2v) is 6.49. The Labute approximate surface area is 135 Å². The van der Waals surface area contributed by atoms with Gasteiger partial charge in [0.05, 0.1) is 0 Å². The Morgan fingerprint density at radius 3 is 2.64 bits per heavy atom. The molecule has 0 unspecified atom stereocenters. The van der Waals surface area contributed by atoms with Gasteiger partial charge in [-0.25, -0.2) is 4.79 Å². The summed E-state index contributed by atoms with van der Waals surface area (Å²) >= 11 is 5.72. The first-order valence-electron chi connectivity index (χ1n) is 7.85. The second-order valence-electron chi connectivity index (χ2n) is 6.11. The van der Waals surface area contributed by atoms with Gasteiger partial charge >= 0.3 is 6.09 Å². The number of halogens is 1. The van der Waals surface area contributed by atoms with Crippen LogP contribution in [0, 0.1) is 5.92 Å². The SMILES string of the molecule is O=C(Cl)[C@@H]1C[C@@H]2CCCC[C@@H]2N1C(=O)OCc1ccccc1. The summed E-state index contributed by atoms with van der Waals surface area (Å²) in [5.74, 6) is 0.380. The van der Waals surface area contributed by atoms with Gasteiger partial charge in [-0.05, 0) is 42.3 Å². The predicted octanol–water partition coefficient (Wildman–Crippen LogP) is 3.72. The molecule has 1 heterocycles. The van der Waals surface area contributed by atoms with E-state index < -0.39 is 17.4 Å². The molecule has 3 atom stereocenters. The van der Waals surface area contributed by atoms with Crippen molar-refractivity contribution in [1.82, 2.24) is 4.90 Å². The van der Waals surface area contributed by atoms with Gasteiger partial charge in [0.1, 0.15) is 12.6 Å². The lowest BCUT2D eigenvalue weighted by molar-refractivity contribution is -0.115. The Balaban J connectivity index is 1.69. The molecule has 0 radical (unpaired) electrons. The van der Waals surface area contributed by atoms with E-state index in [-0.39, 0.29) is 12.6 Å². The minimum Gasteiger partial charge on any atom is -0.445 e. The lowest BCUT2D eigenvalue weighted by atomic mass is 9.85. The average molecular weight is 322 g/mol. The van der Waals surface area contributed by atoms with Gasteiger partial charge in [0.25, 0.3) is 0 Å². The van der Waals surface area contributed by atoms with Crippen LogP contribution in [0.25, 0.3) is 0 Å². The number of carbonyl (C=O) groups excluding carboxylic acids is 2. The molecule has 1 amide bonds. The summed E-state index contributed by atoms with van der Waals surface area (Å²) in [7, 11) is 0. The molecule has 3 rings (SSSR count). The molecule has 2 fully saturated rings. The van der Waals surface area contributed by atoms with Gasteiger partial charge in [-0.15, -0.1) is 0 Å². The highest BCUT2D eigenvalue weighted by molar-refractivity contribution is 6.64. The topological polar surface area (TPSA) is 46.6 Å². The van der Waals surface area contributed by atoms with Crippen molar-refractivity contribution >= 4 is 22.9 Å². The fourth-order valence-corrected chi connectivity index (χ4v) is 3.91. The van der Waals surface area contributed by atoms with Gasteiger partial charge in [0.15, 0.2) is 0 Å². The van der Waals surface area contributed by atoms with Crippen LogP contribution < -0.4 is 0 Å². The lowest BCUT2D eigenvalue weighted by Gasteiger charge is -2.32. The Hall–Kier alpha value is -1.55. The maximum absolute atomic E-state index is 12.5. The number of hydrogen-bond donors (Lipinski definition) is 0. The molecular weight excluding hydrogens is 302 g/mol. The van der Waals surface area contributed by atoms with E-state index in [1.54, 1.807) is 4.90 Å². The molecule has 1 aromatic carbocycles. The fraction of sp³-hybridized carbons (Fsp3) is 0.529. The normalized spacial score (nSPS) is 27.3. The van der Waals surface area contributed by atoms with Crippen LogP contribution in [0.2, 0.25) is 0 Å². The number of likely N-dealkylation sites (tertiary alicyclic amines) is 1. The third-order valence-electron chi connectivity index (χ3n) is 4.77. The van der Waals surface area contributed by atoms with Crippen LogP contribution in [0.3, 0.4) is 0 Å². The molecule has 0 spiro atoms. The van der Waals surface area contributed by atoms with Crippen LogP contribution >= 0.6 is 11.6 Å². The molecular formula is C17H20ClNO3. The molecule has 4 nitrogen and oxygen atoms in total. The first kappa shape index (κ1) is 15.3. The number of hydrogen-bond acceptors (Lipinski definition) is 3. The van der Waals surface area contributed by atoms with E-state index in [2.05, 4.69) is 0 Å². The van der Waals surface area contributed by atoms with E-state index in [0.717, 1.165) is 31.2 Å². The highest BCUT2D eigenvalue weighted by atomic mass is 35.5. The highest BCUT2D eigenvalue weighted by Crippen LogP contribution is 2.40. The Bertz CT molecular complexity index is 548. The van der Waals surface area contributed by atoms with Crippen molar-refractivity contribution in [3.8, 4) is 0 Å². The Morgan fingerprint density at radius 1 is 1.18 bits per heavy atom. The molecule has 1 aliphatic heterocycles.